The zero-order chi connectivity index (χ0) is 25.4. The number of urea groups is 1. The molecule has 1 unspecified atom stereocenters. The van der Waals surface area contributed by atoms with Crippen molar-refractivity contribution in [2.24, 2.45) is 11.7 Å². The van der Waals surface area contributed by atoms with Crippen LogP contribution < -0.4 is 27.0 Å². The monoisotopic (exact) mass is 465 g/mol. The first-order chi connectivity index (χ1) is 15.6. The first kappa shape index (κ1) is 29.9. The van der Waals surface area contributed by atoms with Crippen LogP contribution in [0.5, 0.6) is 0 Å². The number of amides is 4. The summed E-state index contributed by atoms with van der Waals surface area (Å²) >= 11 is 0. The standard InChI is InChI=1S/C21H33N5O5.C2H6/c1-13(2)18(23-4)20(29)26-17(6-5-11-24-21(22)30)19(28)25-16-9-7-15(8-10-16)12-31-14(3)27;1-2/h7-10,13,17-18,23H,5-6,11-12H2,1-4H3,(H,25,28)(H,26,29)(H3,22,24,30);1-2H3/t17-,18?;/m0./s1. The number of likely N-dealkylation sites (N-methyl/N-ethyl adjacent to an activating group) is 1. The number of anilines is 1. The van der Waals surface area contributed by atoms with Gasteiger partial charge in [-0.1, -0.05) is 39.8 Å². The molecule has 0 heterocycles. The third kappa shape index (κ3) is 12.5. The van der Waals surface area contributed by atoms with Gasteiger partial charge in [0.05, 0.1) is 6.04 Å². The van der Waals surface area contributed by atoms with Crippen molar-refractivity contribution in [3.05, 3.63) is 29.8 Å². The molecule has 1 rings (SSSR count). The molecule has 0 saturated heterocycles. The number of ether oxygens (including phenoxy) is 1. The number of benzene rings is 1. The minimum Gasteiger partial charge on any atom is -0.461 e. The molecule has 4 amide bonds. The average Bonchev–Trinajstić information content (AvgIpc) is 2.76. The van der Waals surface area contributed by atoms with Crippen LogP contribution in [0.25, 0.3) is 0 Å². The van der Waals surface area contributed by atoms with Crippen LogP contribution in [0.4, 0.5) is 10.5 Å². The summed E-state index contributed by atoms with van der Waals surface area (Å²) < 4.78 is 4.94. The summed E-state index contributed by atoms with van der Waals surface area (Å²) in [5.41, 5.74) is 6.38. The number of primary amides is 1. The summed E-state index contributed by atoms with van der Waals surface area (Å²) in [6.07, 6.45) is 0.769. The predicted molar refractivity (Wildman–Crippen MR) is 128 cm³/mol. The van der Waals surface area contributed by atoms with Crippen LogP contribution in [-0.2, 0) is 25.7 Å². The van der Waals surface area contributed by atoms with E-state index in [0.29, 0.717) is 25.1 Å². The molecule has 0 aliphatic heterocycles. The smallest absolute Gasteiger partial charge is 0.312 e. The summed E-state index contributed by atoms with van der Waals surface area (Å²) in [7, 11) is 1.69. The van der Waals surface area contributed by atoms with Crippen molar-refractivity contribution in [1.29, 1.82) is 0 Å². The molecule has 10 heteroatoms. The van der Waals surface area contributed by atoms with Crippen molar-refractivity contribution in [2.75, 3.05) is 18.9 Å². The van der Waals surface area contributed by atoms with Crippen molar-refractivity contribution in [2.45, 2.75) is 66.2 Å². The van der Waals surface area contributed by atoms with E-state index in [-0.39, 0.29) is 30.3 Å². The number of carbonyl (C=O) groups is 4. The summed E-state index contributed by atoms with van der Waals surface area (Å²) in [6.45, 7) is 9.59. The van der Waals surface area contributed by atoms with E-state index in [0.717, 1.165) is 5.56 Å². The van der Waals surface area contributed by atoms with E-state index in [1.807, 2.05) is 27.7 Å². The van der Waals surface area contributed by atoms with E-state index in [1.54, 1.807) is 31.3 Å². The predicted octanol–water partition coefficient (Wildman–Crippen LogP) is 1.89. The van der Waals surface area contributed by atoms with Crippen molar-refractivity contribution in [3.8, 4) is 0 Å². The lowest BCUT2D eigenvalue weighted by molar-refractivity contribution is -0.142. The molecule has 0 saturated carbocycles. The normalized spacial score (nSPS) is 12.0. The third-order valence-electron chi connectivity index (χ3n) is 4.53. The van der Waals surface area contributed by atoms with Crippen molar-refractivity contribution in [3.63, 3.8) is 0 Å². The minimum absolute atomic E-state index is 0.0370. The molecule has 0 spiro atoms. The van der Waals surface area contributed by atoms with Gasteiger partial charge in [-0.25, -0.2) is 4.79 Å². The molecule has 0 radical (unpaired) electrons. The Morgan fingerprint density at radius 2 is 1.64 bits per heavy atom. The third-order valence-corrected chi connectivity index (χ3v) is 4.53. The van der Waals surface area contributed by atoms with Gasteiger partial charge in [0, 0.05) is 19.2 Å². The Morgan fingerprint density at radius 1 is 1.03 bits per heavy atom. The van der Waals surface area contributed by atoms with Crippen LogP contribution >= 0.6 is 0 Å². The first-order valence-electron chi connectivity index (χ1n) is 11.2. The molecular weight excluding hydrogens is 426 g/mol. The summed E-state index contributed by atoms with van der Waals surface area (Å²) in [5, 5.41) is 11.0. The maximum Gasteiger partial charge on any atom is 0.312 e. The van der Waals surface area contributed by atoms with Crippen molar-refractivity contribution < 1.29 is 23.9 Å². The Morgan fingerprint density at radius 3 is 2.12 bits per heavy atom. The molecule has 186 valence electrons. The number of carbonyl (C=O) groups excluding carboxylic acids is 4. The molecule has 10 nitrogen and oxygen atoms in total. The number of nitrogens with one attached hydrogen (secondary N) is 4. The second-order valence-electron chi connectivity index (χ2n) is 7.47. The second-order valence-corrected chi connectivity index (χ2v) is 7.47. The van der Waals surface area contributed by atoms with Crippen LogP contribution in [0, 0.1) is 5.92 Å². The number of rotatable bonds is 12. The number of nitrogens with two attached hydrogens (primary N) is 1. The van der Waals surface area contributed by atoms with E-state index in [4.69, 9.17) is 10.5 Å². The molecule has 33 heavy (non-hydrogen) atoms. The highest BCUT2D eigenvalue weighted by atomic mass is 16.5. The van der Waals surface area contributed by atoms with Gasteiger partial charge < -0.3 is 31.7 Å². The van der Waals surface area contributed by atoms with Gasteiger partial charge in [0.1, 0.15) is 12.6 Å². The Balaban J connectivity index is 0.00000497. The minimum atomic E-state index is -0.794. The molecule has 0 aromatic heterocycles. The maximum atomic E-state index is 12.8. The molecule has 0 aliphatic rings. The zero-order valence-electron chi connectivity index (χ0n) is 20.5. The topological polar surface area (TPSA) is 152 Å². The van der Waals surface area contributed by atoms with E-state index in [1.165, 1.54) is 6.92 Å². The van der Waals surface area contributed by atoms with Gasteiger partial charge in [0.15, 0.2) is 0 Å². The van der Waals surface area contributed by atoms with Gasteiger partial charge in [-0.2, -0.15) is 0 Å². The Hall–Kier alpha value is -3.14. The van der Waals surface area contributed by atoms with Gasteiger partial charge in [-0.3, -0.25) is 14.4 Å². The molecule has 0 bridgehead atoms. The fourth-order valence-corrected chi connectivity index (χ4v) is 2.91. The quantitative estimate of drug-likeness (QED) is 0.235. The van der Waals surface area contributed by atoms with Gasteiger partial charge >= 0.3 is 12.0 Å². The van der Waals surface area contributed by atoms with Gasteiger partial charge in [-0.05, 0) is 43.5 Å². The lowest BCUT2D eigenvalue weighted by Gasteiger charge is -2.24. The summed E-state index contributed by atoms with van der Waals surface area (Å²) in [4.78, 5) is 47.2. The SMILES string of the molecule is CC.CNC(C(=O)N[C@@H](CCCNC(N)=O)C(=O)Nc1ccc(COC(C)=O)cc1)C(C)C. The highest BCUT2D eigenvalue weighted by molar-refractivity contribution is 5.97. The average molecular weight is 466 g/mol. The van der Waals surface area contributed by atoms with Crippen LogP contribution in [0.3, 0.4) is 0 Å². The summed E-state index contributed by atoms with van der Waals surface area (Å²) in [6, 6.07) is 4.96. The highest BCUT2D eigenvalue weighted by Gasteiger charge is 2.26. The molecule has 0 aliphatic carbocycles. The molecule has 0 fully saturated rings. The lowest BCUT2D eigenvalue weighted by Crippen LogP contribution is -2.52. The van der Waals surface area contributed by atoms with Crippen LogP contribution in [0.2, 0.25) is 0 Å². The highest BCUT2D eigenvalue weighted by Crippen LogP contribution is 2.12. The van der Waals surface area contributed by atoms with Gasteiger partial charge in [0.2, 0.25) is 11.8 Å². The van der Waals surface area contributed by atoms with E-state index < -0.39 is 18.1 Å². The fraction of sp³-hybridized carbons (Fsp3) is 0.565. The largest absolute Gasteiger partial charge is 0.461 e. The molecule has 1 aromatic carbocycles. The van der Waals surface area contributed by atoms with Crippen LogP contribution in [0.1, 0.15) is 53.0 Å². The van der Waals surface area contributed by atoms with Crippen molar-refractivity contribution >= 4 is 29.5 Å². The van der Waals surface area contributed by atoms with Crippen LogP contribution in [-0.4, -0.2) is 49.5 Å². The molecule has 1 aromatic rings. The van der Waals surface area contributed by atoms with Crippen LogP contribution in [0.15, 0.2) is 24.3 Å². The number of hydrogen-bond acceptors (Lipinski definition) is 6. The first-order valence-corrected chi connectivity index (χ1v) is 11.2. The van der Waals surface area contributed by atoms with Crippen molar-refractivity contribution in [1.82, 2.24) is 16.0 Å². The van der Waals surface area contributed by atoms with Gasteiger partial charge in [0.25, 0.3) is 0 Å². The molecule has 2 atom stereocenters. The van der Waals surface area contributed by atoms with Gasteiger partial charge in [-0.15, -0.1) is 0 Å². The number of hydrogen-bond donors (Lipinski definition) is 5. The Labute approximate surface area is 196 Å². The van der Waals surface area contributed by atoms with E-state index >= 15 is 0 Å². The maximum absolute atomic E-state index is 12.8. The Kier molecular flexibility index (Phi) is 14.9. The Bertz CT molecular complexity index is 752. The van der Waals surface area contributed by atoms with E-state index in [9.17, 15) is 19.2 Å². The molecule has 6 N–H and O–H groups in total. The second kappa shape index (κ2) is 16.5. The summed E-state index contributed by atoms with van der Waals surface area (Å²) in [5.74, 6) is -0.992. The fourth-order valence-electron chi connectivity index (χ4n) is 2.91. The van der Waals surface area contributed by atoms with E-state index in [2.05, 4.69) is 21.3 Å². The zero-order valence-corrected chi connectivity index (χ0v) is 20.5. The lowest BCUT2D eigenvalue weighted by atomic mass is 10.0. The molecular formula is C23H39N5O5. The number of esters is 1.